The van der Waals surface area contributed by atoms with Gasteiger partial charge >= 0.3 is 0 Å². The van der Waals surface area contributed by atoms with Crippen LogP contribution in [-0.4, -0.2) is 16.7 Å². The lowest BCUT2D eigenvalue weighted by molar-refractivity contribution is 0.397. The third-order valence-electron chi connectivity index (χ3n) is 2.59. The van der Waals surface area contributed by atoms with Crippen molar-refractivity contribution >= 4 is 5.69 Å². The molecule has 0 radical (unpaired) electrons. The number of aryl methyl sites for hydroxylation is 1. The van der Waals surface area contributed by atoms with Crippen LogP contribution in [0.25, 0.3) is 0 Å². The second-order valence-corrected chi connectivity index (χ2v) is 3.93. The minimum atomic E-state index is -0.0216. The number of hydrogen-bond donors (Lipinski definition) is 1. The molecule has 0 spiro atoms. The van der Waals surface area contributed by atoms with Gasteiger partial charge in [-0.05, 0) is 11.6 Å². The number of aromatic nitrogens is 2. The molecule has 0 atom stereocenters. The topological polar surface area (TPSA) is 56.1 Å². The first-order chi connectivity index (χ1) is 8.69. The largest absolute Gasteiger partial charge is 0.481 e. The number of methoxy groups -OCH3 is 1. The monoisotopic (exact) mass is 245 g/mol. The van der Waals surface area contributed by atoms with Crippen molar-refractivity contribution in [3.8, 4) is 5.88 Å². The molecule has 2 rings (SSSR count). The Bertz CT molecular complexity index is 576. The fraction of sp³-hybridized carbons (Fsp3) is 0.231. The predicted octanol–water partition coefficient (Wildman–Crippen LogP) is 1.40. The molecule has 0 unspecified atom stereocenters. The highest BCUT2D eigenvalue weighted by Crippen LogP contribution is 2.09. The van der Waals surface area contributed by atoms with Gasteiger partial charge in [-0.15, -0.1) is 0 Å². The van der Waals surface area contributed by atoms with Crippen LogP contribution >= 0.6 is 0 Å². The number of nitrogens with one attached hydrogen (secondary N) is 1. The molecule has 0 fully saturated rings. The van der Waals surface area contributed by atoms with Crippen molar-refractivity contribution in [3.63, 3.8) is 0 Å². The average molecular weight is 245 g/mol. The van der Waals surface area contributed by atoms with Gasteiger partial charge in [0.15, 0.2) is 0 Å². The van der Waals surface area contributed by atoms with Crippen molar-refractivity contribution in [2.45, 2.75) is 6.54 Å². The lowest BCUT2D eigenvalue weighted by Crippen LogP contribution is -2.15. The second kappa shape index (κ2) is 5.35. The van der Waals surface area contributed by atoms with Crippen molar-refractivity contribution in [1.29, 1.82) is 0 Å². The van der Waals surface area contributed by atoms with Crippen LogP contribution in [0, 0.1) is 0 Å². The van der Waals surface area contributed by atoms with Gasteiger partial charge in [-0.1, -0.05) is 6.07 Å². The molecule has 0 aliphatic rings. The number of rotatable bonds is 4. The predicted molar refractivity (Wildman–Crippen MR) is 69.8 cm³/mol. The summed E-state index contributed by atoms with van der Waals surface area (Å²) in [5.74, 6) is 0.598. The zero-order valence-corrected chi connectivity index (χ0v) is 10.4. The minimum absolute atomic E-state index is 0.0216. The zero-order valence-electron chi connectivity index (χ0n) is 10.4. The fourth-order valence-electron chi connectivity index (χ4n) is 1.54. The highest BCUT2D eigenvalue weighted by atomic mass is 16.5. The van der Waals surface area contributed by atoms with Crippen LogP contribution in [0.2, 0.25) is 0 Å². The maximum atomic E-state index is 11.2. The summed E-state index contributed by atoms with van der Waals surface area (Å²) in [6, 6.07) is 7.06. The molecule has 0 saturated carbocycles. The van der Waals surface area contributed by atoms with E-state index >= 15 is 0 Å². The minimum Gasteiger partial charge on any atom is -0.481 e. The van der Waals surface area contributed by atoms with E-state index in [9.17, 15) is 4.79 Å². The van der Waals surface area contributed by atoms with Crippen molar-refractivity contribution in [1.82, 2.24) is 9.55 Å². The summed E-state index contributed by atoms with van der Waals surface area (Å²) in [6.07, 6.45) is 3.52. The van der Waals surface area contributed by atoms with E-state index in [1.165, 1.54) is 10.6 Å². The van der Waals surface area contributed by atoms with Crippen LogP contribution in [0.15, 0.2) is 41.5 Å². The molecule has 1 N–H and O–H groups in total. The van der Waals surface area contributed by atoms with Crippen molar-refractivity contribution < 1.29 is 4.74 Å². The molecule has 0 bridgehead atoms. The lowest BCUT2D eigenvalue weighted by atomic mass is 10.3. The Labute approximate surface area is 105 Å². The quantitative estimate of drug-likeness (QED) is 0.884. The van der Waals surface area contributed by atoms with Crippen LogP contribution in [0.3, 0.4) is 0 Å². The summed E-state index contributed by atoms with van der Waals surface area (Å²) in [7, 11) is 3.31. The number of hydrogen-bond acceptors (Lipinski definition) is 4. The Morgan fingerprint density at radius 1 is 1.33 bits per heavy atom. The van der Waals surface area contributed by atoms with Gasteiger partial charge in [0.2, 0.25) is 11.4 Å². The van der Waals surface area contributed by atoms with Crippen LogP contribution in [0.4, 0.5) is 5.69 Å². The Morgan fingerprint density at radius 3 is 2.78 bits per heavy atom. The molecule has 2 aromatic rings. The first-order valence-electron chi connectivity index (χ1n) is 5.58. The van der Waals surface area contributed by atoms with Crippen molar-refractivity contribution in [3.05, 3.63) is 52.6 Å². The first-order valence-corrected chi connectivity index (χ1v) is 5.58. The highest BCUT2D eigenvalue weighted by Gasteiger charge is 1.97. The molecule has 0 aliphatic carbocycles. The smallest absolute Gasteiger partial charge is 0.250 e. The van der Waals surface area contributed by atoms with Gasteiger partial charge in [0.25, 0.3) is 0 Å². The third-order valence-corrected chi connectivity index (χ3v) is 2.59. The molecule has 0 aliphatic heterocycles. The molecule has 5 nitrogen and oxygen atoms in total. The molecule has 2 heterocycles. The third kappa shape index (κ3) is 2.88. The van der Waals surface area contributed by atoms with Gasteiger partial charge in [-0.25, -0.2) is 4.98 Å². The number of ether oxygens (including phenoxy) is 1. The van der Waals surface area contributed by atoms with Crippen LogP contribution in [0.1, 0.15) is 5.56 Å². The van der Waals surface area contributed by atoms with Gasteiger partial charge in [0.1, 0.15) is 0 Å². The number of pyridine rings is 2. The summed E-state index contributed by atoms with van der Waals surface area (Å²) in [4.78, 5) is 15.4. The Hall–Kier alpha value is -2.30. The van der Waals surface area contributed by atoms with Crippen LogP contribution in [0.5, 0.6) is 5.88 Å². The normalized spacial score (nSPS) is 10.1. The van der Waals surface area contributed by atoms with Gasteiger partial charge in [-0.2, -0.15) is 0 Å². The standard InChI is InChI=1S/C13H15N3O2/c1-16-9-11(4-6-13(16)17)14-7-10-3-5-12(18-2)15-8-10/h3-6,8-9,14H,7H2,1-2H3. The van der Waals surface area contributed by atoms with E-state index < -0.39 is 0 Å². The summed E-state index contributed by atoms with van der Waals surface area (Å²) in [6.45, 7) is 0.648. The maximum Gasteiger partial charge on any atom is 0.250 e. The van der Waals surface area contributed by atoms with Crippen LogP contribution in [-0.2, 0) is 13.6 Å². The SMILES string of the molecule is COc1ccc(CNc2ccc(=O)n(C)c2)cn1. The summed E-state index contributed by atoms with van der Waals surface area (Å²) >= 11 is 0. The van der Waals surface area contributed by atoms with Gasteiger partial charge in [0.05, 0.1) is 12.8 Å². The molecular weight excluding hydrogens is 230 g/mol. The highest BCUT2D eigenvalue weighted by molar-refractivity contribution is 5.40. The van der Waals surface area contributed by atoms with E-state index in [1.807, 2.05) is 12.1 Å². The summed E-state index contributed by atoms with van der Waals surface area (Å²) in [5, 5.41) is 3.23. The summed E-state index contributed by atoms with van der Waals surface area (Å²) < 4.78 is 6.53. The molecule has 0 aromatic carbocycles. The lowest BCUT2D eigenvalue weighted by Gasteiger charge is -2.07. The molecule has 94 valence electrons. The Morgan fingerprint density at radius 2 is 2.17 bits per heavy atom. The van der Waals surface area contributed by atoms with E-state index in [1.54, 1.807) is 32.6 Å². The Kier molecular flexibility index (Phi) is 3.62. The zero-order chi connectivity index (χ0) is 13.0. The van der Waals surface area contributed by atoms with Crippen molar-refractivity contribution in [2.24, 2.45) is 7.05 Å². The molecule has 0 saturated heterocycles. The molecule has 5 heteroatoms. The number of anilines is 1. The number of nitrogens with zero attached hydrogens (tertiary/aromatic N) is 2. The van der Waals surface area contributed by atoms with E-state index in [-0.39, 0.29) is 5.56 Å². The van der Waals surface area contributed by atoms with E-state index in [0.717, 1.165) is 11.3 Å². The fourth-order valence-corrected chi connectivity index (χ4v) is 1.54. The van der Waals surface area contributed by atoms with Crippen molar-refractivity contribution in [2.75, 3.05) is 12.4 Å². The Balaban J connectivity index is 2.01. The molecule has 2 aromatic heterocycles. The maximum absolute atomic E-state index is 11.2. The second-order valence-electron chi connectivity index (χ2n) is 3.93. The van der Waals surface area contributed by atoms with E-state index in [2.05, 4.69) is 10.3 Å². The first kappa shape index (κ1) is 12.2. The van der Waals surface area contributed by atoms with E-state index in [0.29, 0.717) is 12.4 Å². The average Bonchev–Trinajstić information content (AvgIpc) is 2.41. The summed E-state index contributed by atoms with van der Waals surface area (Å²) in [5.41, 5.74) is 1.92. The van der Waals surface area contributed by atoms with Gasteiger partial charge < -0.3 is 14.6 Å². The molecule has 18 heavy (non-hydrogen) atoms. The molecular formula is C13H15N3O2. The van der Waals surface area contributed by atoms with E-state index in [4.69, 9.17) is 4.74 Å². The van der Waals surface area contributed by atoms with Gasteiger partial charge in [0, 0.05) is 38.1 Å². The van der Waals surface area contributed by atoms with Gasteiger partial charge in [-0.3, -0.25) is 4.79 Å². The molecule has 0 amide bonds. The van der Waals surface area contributed by atoms with Crippen LogP contribution < -0.4 is 15.6 Å².